The molecular formula is C9H10NO3S-. The summed E-state index contributed by atoms with van der Waals surface area (Å²) in [6.45, 7) is 3.14. The number of hydrogen-bond donors (Lipinski definition) is 1. The average Bonchev–Trinajstić information content (AvgIpc) is 2.07. The fraction of sp³-hybridized carbons (Fsp3) is 0.222. The molecule has 4 nitrogen and oxygen atoms in total. The Bertz CT molecular complexity index is 390. The van der Waals surface area contributed by atoms with E-state index in [9.17, 15) is 13.6 Å². The number of amides is 1. The zero-order valence-electron chi connectivity index (χ0n) is 7.87. The monoisotopic (exact) mass is 212 g/mol. The van der Waals surface area contributed by atoms with Crippen LogP contribution in [-0.2, 0) is 15.9 Å². The molecule has 0 saturated carbocycles. The molecule has 1 N–H and O–H groups in total. The second-order valence-corrected chi connectivity index (χ2v) is 3.83. The van der Waals surface area contributed by atoms with E-state index in [1.165, 1.54) is 19.1 Å². The van der Waals surface area contributed by atoms with Crippen molar-refractivity contribution in [2.75, 3.05) is 5.32 Å². The van der Waals surface area contributed by atoms with E-state index in [-0.39, 0.29) is 10.8 Å². The molecule has 0 aliphatic heterocycles. The van der Waals surface area contributed by atoms with Gasteiger partial charge in [-0.2, -0.15) is 0 Å². The molecule has 1 rings (SSSR count). The first-order valence-electron chi connectivity index (χ1n) is 3.98. The zero-order chi connectivity index (χ0) is 10.7. The fourth-order valence-electron chi connectivity index (χ4n) is 1.07. The highest BCUT2D eigenvalue weighted by Crippen LogP contribution is 2.17. The summed E-state index contributed by atoms with van der Waals surface area (Å²) in [5.74, 6) is -0.177. The minimum Gasteiger partial charge on any atom is -0.768 e. The number of rotatable bonds is 2. The van der Waals surface area contributed by atoms with Gasteiger partial charge in [0.2, 0.25) is 5.91 Å². The summed E-state index contributed by atoms with van der Waals surface area (Å²) in [7, 11) is 0. The first-order chi connectivity index (χ1) is 6.50. The number of carbonyl (C=O) groups is 1. The van der Waals surface area contributed by atoms with Crippen LogP contribution in [0, 0.1) is 6.92 Å². The maximum atomic E-state index is 10.8. The van der Waals surface area contributed by atoms with Crippen molar-refractivity contribution in [1.82, 2.24) is 0 Å². The van der Waals surface area contributed by atoms with E-state index >= 15 is 0 Å². The van der Waals surface area contributed by atoms with Crippen molar-refractivity contribution in [3.05, 3.63) is 23.8 Å². The SMILES string of the molecule is CC(=O)Nc1ccc(S(=O)[O-])cc1C. The number of hydrogen-bond acceptors (Lipinski definition) is 3. The maximum absolute atomic E-state index is 10.8. The van der Waals surface area contributed by atoms with E-state index in [1.807, 2.05) is 0 Å². The summed E-state index contributed by atoms with van der Waals surface area (Å²) in [6, 6.07) is 4.53. The third-order valence-electron chi connectivity index (χ3n) is 1.70. The molecule has 0 radical (unpaired) electrons. The number of nitrogens with one attached hydrogen (secondary N) is 1. The third-order valence-corrected chi connectivity index (χ3v) is 2.34. The van der Waals surface area contributed by atoms with Gasteiger partial charge in [-0.25, -0.2) is 0 Å². The number of benzene rings is 1. The Kier molecular flexibility index (Phi) is 3.38. The van der Waals surface area contributed by atoms with Crippen molar-refractivity contribution in [3.8, 4) is 0 Å². The molecule has 0 heterocycles. The Balaban J connectivity index is 3.01. The predicted molar refractivity (Wildman–Crippen MR) is 52.7 cm³/mol. The van der Waals surface area contributed by atoms with Crippen molar-refractivity contribution in [2.24, 2.45) is 0 Å². The van der Waals surface area contributed by atoms with E-state index in [4.69, 9.17) is 0 Å². The third kappa shape index (κ3) is 2.65. The molecule has 0 aromatic heterocycles. The summed E-state index contributed by atoms with van der Waals surface area (Å²) in [5.41, 5.74) is 1.36. The van der Waals surface area contributed by atoms with Crippen LogP contribution < -0.4 is 5.32 Å². The number of aryl methyl sites for hydroxylation is 1. The average molecular weight is 212 g/mol. The van der Waals surface area contributed by atoms with Crippen molar-refractivity contribution in [1.29, 1.82) is 0 Å². The maximum Gasteiger partial charge on any atom is 0.221 e. The van der Waals surface area contributed by atoms with Crippen molar-refractivity contribution in [2.45, 2.75) is 18.7 Å². The molecule has 0 fully saturated rings. The van der Waals surface area contributed by atoms with Crippen LogP contribution in [0.1, 0.15) is 12.5 Å². The summed E-state index contributed by atoms with van der Waals surface area (Å²) in [5, 5.41) is 2.60. The van der Waals surface area contributed by atoms with Gasteiger partial charge in [0.25, 0.3) is 0 Å². The molecule has 14 heavy (non-hydrogen) atoms. The summed E-state index contributed by atoms with van der Waals surface area (Å²) >= 11 is -2.22. The van der Waals surface area contributed by atoms with Gasteiger partial charge in [-0.1, -0.05) is 0 Å². The van der Waals surface area contributed by atoms with Crippen molar-refractivity contribution >= 4 is 22.7 Å². The van der Waals surface area contributed by atoms with Crippen LogP contribution in [0.15, 0.2) is 23.1 Å². The van der Waals surface area contributed by atoms with Gasteiger partial charge in [-0.15, -0.1) is 0 Å². The van der Waals surface area contributed by atoms with Gasteiger partial charge in [0.05, 0.1) is 0 Å². The van der Waals surface area contributed by atoms with Crippen molar-refractivity contribution in [3.63, 3.8) is 0 Å². The zero-order valence-corrected chi connectivity index (χ0v) is 8.68. The van der Waals surface area contributed by atoms with Crippen LogP contribution in [0.3, 0.4) is 0 Å². The van der Waals surface area contributed by atoms with E-state index < -0.39 is 11.1 Å². The molecular weight excluding hydrogens is 202 g/mol. The molecule has 0 aliphatic rings. The standard InChI is InChI=1S/C9H11NO3S/c1-6-5-8(14(12)13)3-4-9(6)10-7(2)11/h3-5H,1-2H3,(H,10,11)(H,12,13)/p-1. The van der Waals surface area contributed by atoms with Crippen LogP contribution in [0.2, 0.25) is 0 Å². The van der Waals surface area contributed by atoms with Gasteiger partial charge < -0.3 is 9.87 Å². The Morgan fingerprint density at radius 3 is 2.57 bits per heavy atom. The number of anilines is 1. The molecule has 0 aliphatic carbocycles. The van der Waals surface area contributed by atoms with Gasteiger partial charge in [0.15, 0.2) is 0 Å². The molecule has 0 bridgehead atoms. The molecule has 5 heteroatoms. The van der Waals surface area contributed by atoms with Gasteiger partial charge in [-0.05, 0) is 41.8 Å². The van der Waals surface area contributed by atoms with Crippen molar-refractivity contribution < 1.29 is 13.6 Å². The normalized spacial score (nSPS) is 12.2. The Labute approximate surface area is 84.6 Å². The largest absolute Gasteiger partial charge is 0.768 e. The first-order valence-corrected chi connectivity index (χ1v) is 5.05. The smallest absolute Gasteiger partial charge is 0.221 e. The van der Waals surface area contributed by atoms with Crippen LogP contribution >= 0.6 is 0 Å². The predicted octanol–water partition coefficient (Wildman–Crippen LogP) is 1.19. The molecule has 1 aromatic rings. The van der Waals surface area contributed by atoms with Gasteiger partial charge in [0.1, 0.15) is 0 Å². The Hall–Kier alpha value is -1.20. The molecule has 1 amide bonds. The van der Waals surface area contributed by atoms with Gasteiger partial charge >= 0.3 is 0 Å². The quantitative estimate of drug-likeness (QED) is 0.749. The highest BCUT2D eigenvalue weighted by molar-refractivity contribution is 7.79. The molecule has 0 saturated heterocycles. The Morgan fingerprint density at radius 2 is 2.14 bits per heavy atom. The minimum absolute atomic E-state index is 0.177. The molecule has 76 valence electrons. The summed E-state index contributed by atoms with van der Waals surface area (Å²) in [6.07, 6.45) is 0. The Morgan fingerprint density at radius 1 is 1.50 bits per heavy atom. The second kappa shape index (κ2) is 4.34. The van der Waals surface area contributed by atoms with E-state index in [1.54, 1.807) is 13.0 Å². The highest BCUT2D eigenvalue weighted by Gasteiger charge is 2.01. The first kappa shape index (κ1) is 10.9. The van der Waals surface area contributed by atoms with Gasteiger partial charge in [-0.3, -0.25) is 9.00 Å². The number of carbonyl (C=O) groups excluding carboxylic acids is 1. The minimum atomic E-state index is -2.22. The lowest BCUT2D eigenvalue weighted by Gasteiger charge is -2.10. The highest BCUT2D eigenvalue weighted by atomic mass is 32.2. The van der Waals surface area contributed by atoms with Crippen LogP contribution in [0.4, 0.5) is 5.69 Å². The van der Waals surface area contributed by atoms with E-state index in [0.717, 1.165) is 5.56 Å². The van der Waals surface area contributed by atoms with Gasteiger partial charge in [0, 0.05) is 17.5 Å². The second-order valence-electron chi connectivity index (χ2n) is 2.89. The lowest BCUT2D eigenvalue weighted by Crippen LogP contribution is -2.07. The van der Waals surface area contributed by atoms with Crippen LogP contribution in [0.25, 0.3) is 0 Å². The van der Waals surface area contributed by atoms with E-state index in [0.29, 0.717) is 5.69 Å². The topological polar surface area (TPSA) is 69.2 Å². The van der Waals surface area contributed by atoms with Crippen LogP contribution in [-0.4, -0.2) is 14.7 Å². The lowest BCUT2D eigenvalue weighted by atomic mass is 10.2. The molecule has 1 unspecified atom stereocenters. The van der Waals surface area contributed by atoms with Crippen LogP contribution in [0.5, 0.6) is 0 Å². The van der Waals surface area contributed by atoms with E-state index in [2.05, 4.69) is 5.32 Å². The summed E-state index contributed by atoms with van der Waals surface area (Å²) < 4.78 is 21.2. The molecule has 0 spiro atoms. The lowest BCUT2D eigenvalue weighted by molar-refractivity contribution is -0.114. The fourth-order valence-corrected chi connectivity index (χ4v) is 1.52. The summed E-state index contributed by atoms with van der Waals surface area (Å²) in [4.78, 5) is 11.0. The molecule has 1 atom stereocenters. The molecule has 1 aromatic carbocycles.